The number of nitrogens with one attached hydrogen (secondary N) is 1. The topological polar surface area (TPSA) is 92.4 Å². The number of carboxylic acid groups (broad SMARTS) is 1. The molecule has 1 aromatic carbocycles. The van der Waals surface area contributed by atoms with Crippen LogP contribution in [0.5, 0.6) is 0 Å². The molecule has 0 spiro atoms. The third-order valence-corrected chi connectivity index (χ3v) is 5.03. The van der Waals surface area contributed by atoms with Gasteiger partial charge in [0.1, 0.15) is 6.04 Å². The first kappa shape index (κ1) is 25.9. The summed E-state index contributed by atoms with van der Waals surface area (Å²) >= 11 is 5.69. The molecule has 0 aliphatic heterocycles. The molecule has 0 radical (unpaired) electrons. The Labute approximate surface area is 177 Å². The van der Waals surface area contributed by atoms with Crippen molar-refractivity contribution in [2.75, 3.05) is 17.8 Å². The summed E-state index contributed by atoms with van der Waals surface area (Å²) in [6, 6.07) is 4.77. The number of thiol groups is 1. The number of aliphatic carboxylic acids is 1. The monoisotopic (exact) mass is 432 g/mol. The summed E-state index contributed by atoms with van der Waals surface area (Å²) in [7, 11) is 0. The average molecular weight is 433 g/mol. The number of allylic oxidation sites excluding steroid dienone is 1. The van der Waals surface area contributed by atoms with Gasteiger partial charge in [0.2, 0.25) is 0 Å². The summed E-state index contributed by atoms with van der Waals surface area (Å²) in [6.07, 6.45) is 7.51. The molecule has 1 aromatic rings. The Hall–Kier alpha value is -1.15. The molecule has 0 bridgehead atoms. The Balaban J connectivity index is 0.00000676. The largest absolute Gasteiger partial charge is 0.480 e. The lowest BCUT2D eigenvalue weighted by Crippen LogP contribution is -2.41. The summed E-state index contributed by atoms with van der Waals surface area (Å²) in [5.41, 5.74) is 8.21. The van der Waals surface area contributed by atoms with Crippen LogP contribution in [0.3, 0.4) is 0 Å². The Bertz CT molecular complexity index is 641. The fourth-order valence-corrected chi connectivity index (χ4v) is 3.03. The second-order valence-corrected chi connectivity index (χ2v) is 7.32. The summed E-state index contributed by atoms with van der Waals surface area (Å²) in [5, 5.41) is 12.0. The maximum atomic E-state index is 12.7. The molecule has 0 aliphatic rings. The Kier molecular flexibility index (Phi) is 13.3. The number of hydrogen-bond acceptors (Lipinski definition) is 5. The highest BCUT2D eigenvalue weighted by atomic mass is 35.5. The number of carboxylic acids is 1. The summed E-state index contributed by atoms with van der Waals surface area (Å²) in [6.45, 7) is 1.97. The third-order valence-electron chi connectivity index (χ3n) is 3.96. The molecule has 0 saturated heterocycles. The van der Waals surface area contributed by atoms with Gasteiger partial charge in [-0.05, 0) is 48.5 Å². The van der Waals surface area contributed by atoms with Gasteiger partial charge in [-0.1, -0.05) is 31.2 Å². The van der Waals surface area contributed by atoms with E-state index in [9.17, 15) is 14.7 Å². The van der Waals surface area contributed by atoms with Crippen LogP contribution in [-0.2, 0) is 17.6 Å². The molecule has 8 heteroatoms. The van der Waals surface area contributed by atoms with Crippen molar-refractivity contribution in [1.82, 2.24) is 5.32 Å². The number of hydrogen-bond donors (Lipinski definition) is 4. The van der Waals surface area contributed by atoms with Gasteiger partial charge in [0, 0.05) is 17.4 Å². The molecule has 1 rings (SSSR count). The summed E-state index contributed by atoms with van der Waals surface area (Å²) < 4.78 is 0. The molecule has 0 aromatic heterocycles. The second-order valence-electron chi connectivity index (χ2n) is 5.97. The van der Waals surface area contributed by atoms with E-state index in [1.807, 2.05) is 43.5 Å². The number of benzene rings is 1. The number of rotatable bonds is 11. The van der Waals surface area contributed by atoms with E-state index in [0.717, 1.165) is 11.1 Å². The SMILES string of the molecule is CCc1ccc(C/C=C/C(N)CS)cc1C(=O)N[C@@H](CCSC)C(=O)O.Cl. The van der Waals surface area contributed by atoms with Crippen LogP contribution in [0.1, 0.15) is 34.8 Å². The van der Waals surface area contributed by atoms with Crippen molar-refractivity contribution in [2.45, 2.75) is 38.3 Å². The van der Waals surface area contributed by atoms with Crippen molar-refractivity contribution in [2.24, 2.45) is 5.73 Å². The van der Waals surface area contributed by atoms with Gasteiger partial charge in [-0.3, -0.25) is 4.79 Å². The smallest absolute Gasteiger partial charge is 0.326 e. The van der Waals surface area contributed by atoms with E-state index in [-0.39, 0.29) is 24.4 Å². The Morgan fingerprint density at radius 3 is 2.67 bits per heavy atom. The van der Waals surface area contributed by atoms with Gasteiger partial charge in [0.15, 0.2) is 0 Å². The van der Waals surface area contributed by atoms with Crippen molar-refractivity contribution < 1.29 is 14.7 Å². The highest BCUT2D eigenvalue weighted by Gasteiger charge is 2.21. The standard InChI is InChI=1S/C19H28N2O3S2.ClH/c1-3-14-8-7-13(5-4-6-15(20)12-25)11-16(14)18(22)21-17(19(23)24)9-10-26-2;/h4,6-8,11,15,17,25H,3,5,9-10,12,20H2,1-2H3,(H,21,22)(H,23,24);1H/b6-4+;/t15?,17-;/m0./s1. The van der Waals surface area contributed by atoms with Crippen molar-refractivity contribution in [1.29, 1.82) is 0 Å². The number of amides is 1. The van der Waals surface area contributed by atoms with Gasteiger partial charge in [0.25, 0.3) is 5.91 Å². The zero-order chi connectivity index (χ0) is 19.5. The molecule has 27 heavy (non-hydrogen) atoms. The molecule has 152 valence electrons. The van der Waals surface area contributed by atoms with Crippen LogP contribution in [-0.4, -0.2) is 46.8 Å². The minimum atomic E-state index is -1.01. The van der Waals surface area contributed by atoms with Crippen LogP contribution in [0.15, 0.2) is 30.4 Å². The maximum Gasteiger partial charge on any atom is 0.326 e. The Morgan fingerprint density at radius 1 is 1.41 bits per heavy atom. The normalized spacial score (nSPS) is 13.0. The molecular weight excluding hydrogens is 404 g/mol. The van der Waals surface area contributed by atoms with Gasteiger partial charge in [-0.15, -0.1) is 12.4 Å². The van der Waals surface area contributed by atoms with Crippen molar-refractivity contribution in [3.8, 4) is 0 Å². The number of aryl methyl sites for hydroxylation is 1. The van der Waals surface area contributed by atoms with E-state index in [0.29, 0.717) is 36.3 Å². The van der Waals surface area contributed by atoms with Gasteiger partial charge in [-0.2, -0.15) is 24.4 Å². The van der Waals surface area contributed by atoms with Gasteiger partial charge in [-0.25, -0.2) is 4.79 Å². The van der Waals surface area contributed by atoms with Crippen LogP contribution >= 0.6 is 36.8 Å². The van der Waals surface area contributed by atoms with Gasteiger partial charge >= 0.3 is 5.97 Å². The van der Waals surface area contributed by atoms with Crippen molar-refractivity contribution >= 4 is 48.7 Å². The van der Waals surface area contributed by atoms with Crippen molar-refractivity contribution in [3.63, 3.8) is 0 Å². The van der Waals surface area contributed by atoms with Crippen LogP contribution in [0.2, 0.25) is 0 Å². The molecule has 0 aliphatic carbocycles. The zero-order valence-electron chi connectivity index (χ0n) is 15.7. The lowest BCUT2D eigenvalue weighted by Gasteiger charge is -2.16. The predicted molar refractivity (Wildman–Crippen MR) is 120 cm³/mol. The molecule has 5 nitrogen and oxygen atoms in total. The fraction of sp³-hybridized carbons (Fsp3) is 0.474. The second kappa shape index (κ2) is 13.9. The van der Waals surface area contributed by atoms with E-state index in [1.165, 1.54) is 0 Å². The number of carbonyl (C=O) groups is 2. The number of thioether (sulfide) groups is 1. The lowest BCUT2D eigenvalue weighted by molar-refractivity contribution is -0.139. The molecular formula is C19H29ClN2O3S2. The van der Waals surface area contributed by atoms with E-state index in [2.05, 4.69) is 17.9 Å². The predicted octanol–water partition coefficient (Wildman–Crippen LogP) is 2.96. The van der Waals surface area contributed by atoms with Crippen LogP contribution in [0, 0.1) is 0 Å². The van der Waals surface area contributed by atoms with Gasteiger partial charge < -0.3 is 16.2 Å². The Morgan fingerprint density at radius 2 is 2.11 bits per heavy atom. The highest BCUT2D eigenvalue weighted by molar-refractivity contribution is 7.98. The van der Waals surface area contributed by atoms with E-state index >= 15 is 0 Å². The fourth-order valence-electron chi connectivity index (χ4n) is 2.44. The van der Waals surface area contributed by atoms with Crippen molar-refractivity contribution in [3.05, 3.63) is 47.0 Å². The minimum absolute atomic E-state index is 0. The molecule has 1 unspecified atom stereocenters. The minimum Gasteiger partial charge on any atom is -0.480 e. The number of carbonyl (C=O) groups excluding carboxylic acids is 1. The molecule has 1 amide bonds. The van der Waals surface area contributed by atoms with E-state index in [4.69, 9.17) is 5.73 Å². The van der Waals surface area contributed by atoms with Crippen LogP contribution in [0.25, 0.3) is 0 Å². The molecule has 4 N–H and O–H groups in total. The molecule has 2 atom stereocenters. The van der Waals surface area contributed by atoms with E-state index < -0.39 is 12.0 Å². The molecule has 0 heterocycles. The zero-order valence-corrected chi connectivity index (χ0v) is 18.2. The first-order valence-corrected chi connectivity index (χ1v) is 10.6. The van der Waals surface area contributed by atoms with Crippen LogP contribution < -0.4 is 11.1 Å². The first-order chi connectivity index (χ1) is 12.4. The molecule has 0 fully saturated rings. The molecule has 0 saturated carbocycles. The van der Waals surface area contributed by atoms with Crippen LogP contribution in [0.4, 0.5) is 0 Å². The average Bonchev–Trinajstić information content (AvgIpc) is 2.64. The maximum absolute atomic E-state index is 12.7. The quantitative estimate of drug-likeness (QED) is 0.318. The summed E-state index contributed by atoms with van der Waals surface area (Å²) in [5.74, 6) is -0.0989. The highest BCUT2D eigenvalue weighted by Crippen LogP contribution is 2.15. The van der Waals surface area contributed by atoms with Gasteiger partial charge in [0.05, 0.1) is 0 Å². The lowest BCUT2D eigenvalue weighted by atomic mass is 9.99. The summed E-state index contributed by atoms with van der Waals surface area (Å²) in [4.78, 5) is 24.0. The van der Waals surface area contributed by atoms with E-state index in [1.54, 1.807) is 11.8 Å². The third kappa shape index (κ3) is 9.06. The number of nitrogens with two attached hydrogens (primary N) is 1. The first-order valence-electron chi connectivity index (χ1n) is 8.60. The number of halogens is 1.